The number of methoxy groups -OCH3 is 1. The number of benzene rings is 3. The number of ether oxygens (including phenoxy) is 2. The van der Waals surface area contributed by atoms with Crippen LogP contribution in [0.3, 0.4) is 0 Å². The van der Waals surface area contributed by atoms with E-state index in [-0.39, 0.29) is 18.7 Å². The van der Waals surface area contributed by atoms with Crippen LogP contribution in [0.25, 0.3) is 0 Å². The molecule has 0 N–H and O–H groups in total. The normalized spacial score (nSPS) is 10.6. The molecule has 4 rings (SSSR count). The monoisotopic (exact) mass is 445 g/mol. The Hall–Kier alpha value is -4.06. The molecule has 1 heterocycles. The molecule has 0 aliphatic rings. The minimum absolute atomic E-state index is 0.0128. The van der Waals surface area contributed by atoms with Gasteiger partial charge in [0.1, 0.15) is 18.2 Å². The van der Waals surface area contributed by atoms with Crippen molar-refractivity contribution in [3.63, 3.8) is 0 Å². The summed E-state index contributed by atoms with van der Waals surface area (Å²) >= 11 is 0. The molecule has 0 radical (unpaired) electrons. The van der Waals surface area contributed by atoms with Crippen LogP contribution in [0.1, 0.15) is 27.2 Å². The number of rotatable bonds is 9. The highest BCUT2D eigenvalue weighted by atomic mass is 19.1. The highest BCUT2D eigenvalue weighted by molar-refractivity contribution is 5.94. The minimum atomic E-state index is -0.561. The van der Waals surface area contributed by atoms with Gasteiger partial charge in [0.05, 0.1) is 25.5 Å². The minimum Gasteiger partial charge on any atom is -0.493 e. The number of carbonyl (C=O) groups excluding carboxylic acids is 1. The van der Waals surface area contributed by atoms with Crippen molar-refractivity contribution in [2.45, 2.75) is 19.7 Å². The summed E-state index contributed by atoms with van der Waals surface area (Å²) in [5.41, 5.74) is 1.87. The molecule has 0 saturated heterocycles. The molecular formula is C27H24FNO4. The summed E-state index contributed by atoms with van der Waals surface area (Å²) in [6, 6.07) is 24.8. The fourth-order valence-electron chi connectivity index (χ4n) is 3.48. The van der Waals surface area contributed by atoms with Crippen LogP contribution in [0.15, 0.2) is 95.6 Å². The topological polar surface area (TPSA) is 51.9 Å². The smallest absolute Gasteiger partial charge is 0.257 e. The van der Waals surface area contributed by atoms with E-state index >= 15 is 0 Å². The molecule has 0 atom stereocenters. The van der Waals surface area contributed by atoms with Gasteiger partial charge in [-0.3, -0.25) is 4.79 Å². The zero-order valence-corrected chi connectivity index (χ0v) is 18.2. The van der Waals surface area contributed by atoms with Crippen molar-refractivity contribution in [3.05, 3.63) is 119 Å². The van der Waals surface area contributed by atoms with E-state index in [9.17, 15) is 9.18 Å². The van der Waals surface area contributed by atoms with E-state index in [1.54, 1.807) is 37.6 Å². The van der Waals surface area contributed by atoms with Crippen LogP contribution < -0.4 is 9.47 Å². The maximum atomic E-state index is 14.3. The van der Waals surface area contributed by atoms with Crippen molar-refractivity contribution in [2.24, 2.45) is 0 Å². The van der Waals surface area contributed by atoms with Crippen molar-refractivity contribution in [1.82, 2.24) is 4.90 Å². The molecule has 6 heteroatoms. The lowest BCUT2D eigenvalue weighted by atomic mass is 10.1. The molecule has 0 aliphatic carbocycles. The maximum Gasteiger partial charge on any atom is 0.257 e. The zero-order chi connectivity index (χ0) is 23.0. The van der Waals surface area contributed by atoms with Gasteiger partial charge < -0.3 is 18.8 Å². The Balaban J connectivity index is 1.55. The first kappa shape index (κ1) is 22.1. The molecule has 168 valence electrons. The average Bonchev–Trinajstić information content (AvgIpc) is 3.36. The number of hydrogen-bond donors (Lipinski definition) is 0. The van der Waals surface area contributed by atoms with Crippen LogP contribution in [-0.2, 0) is 19.7 Å². The van der Waals surface area contributed by atoms with E-state index < -0.39 is 11.7 Å². The summed E-state index contributed by atoms with van der Waals surface area (Å²) in [4.78, 5) is 14.7. The van der Waals surface area contributed by atoms with Crippen LogP contribution in [0.4, 0.5) is 4.39 Å². The second-order valence-corrected chi connectivity index (χ2v) is 7.48. The van der Waals surface area contributed by atoms with Crippen molar-refractivity contribution in [2.75, 3.05) is 7.11 Å². The van der Waals surface area contributed by atoms with Crippen LogP contribution in [0.2, 0.25) is 0 Å². The molecule has 1 amide bonds. The van der Waals surface area contributed by atoms with Crippen LogP contribution in [0.5, 0.6) is 11.5 Å². The summed E-state index contributed by atoms with van der Waals surface area (Å²) in [5, 5.41) is 0. The molecule has 0 fully saturated rings. The Kier molecular flexibility index (Phi) is 7.05. The molecule has 4 aromatic rings. The van der Waals surface area contributed by atoms with Gasteiger partial charge in [-0.15, -0.1) is 0 Å². The second-order valence-electron chi connectivity index (χ2n) is 7.48. The molecule has 5 nitrogen and oxygen atoms in total. The molecule has 3 aromatic carbocycles. The Morgan fingerprint density at radius 2 is 1.67 bits per heavy atom. The molecule has 1 aromatic heterocycles. The largest absolute Gasteiger partial charge is 0.493 e. The van der Waals surface area contributed by atoms with E-state index in [1.807, 2.05) is 48.5 Å². The van der Waals surface area contributed by atoms with Gasteiger partial charge in [0, 0.05) is 6.54 Å². The summed E-state index contributed by atoms with van der Waals surface area (Å²) in [7, 11) is 1.57. The third kappa shape index (κ3) is 5.60. The van der Waals surface area contributed by atoms with Gasteiger partial charge in [-0.25, -0.2) is 4.39 Å². The van der Waals surface area contributed by atoms with Crippen molar-refractivity contribution >= 4 is 5.91 Å². The van der Waals surface area contributed by atoms with Gasteiger partial charge in [0.2, 0.25) is 0 Å². The first-order valence-electron chi connectivity index (χ1n) is 10.5. The van der Waals surface area contributed by atoms with Gasteiger partial charge in [-0.2, -0.15) is 0 Å². The molecule has 0 unspecified atom stereocenters. The average molecular weight is 445 g/mol. The van der Waals surface area contributed by atoms with Crippen molar-refractivity contribution in [1.29, 1.82) is 0 Å². The van der Waals surface area contributed by atoms with E-state index in [1.165, 1.54) is 17.0 Å². The SMILES string of the molecule is COc1cc(CN(Cc2ccco2)C(=O)c2ccccc2F)ccc1OCc1ccccc1. The summed E-state index contributed by atoms with van der Waals surface area (Å²) in [5.74, 6) is 0.777. The number of furan rings is 1. The standard InChI is InChI=1S/C27H24FNO4/c1-31-26-16-21(13-14-25(26)33-19-20-8-3-2-4-9-20)17-29(18-22-10-7-15-32-22)27(30)23-11-5-6-12-24(23)28/h2-16H,17-19H2,1H3. The van der Waals surface area contributed by atoms with Gasteiger partial charge in [0.25, 0.3) is 5.91 Å². The first-order chi connectivity index (χ1) is 16.1. The number of halogens is 1. The Morgan fingerprint density at radius 3 is 2.39 bits per heavy atom. The highest BCUT2D eigenvalue weighted by Crippen LogP contribution is 2.30. The Labute approximate surface area is 192 Å². The summed E-state index contributed by atoms with van der Waals surface area (Å²) in [6.07, 6.45) is 1.54. The van der Waals surface area contributed by atoms with Gasteiger partial charge in [-0.05, 0) is 47.5 Å². The molecule has 0 aliphatic heterocycles. The second kappa shape index (κ2) is 10.5. The lowest BCUT2D eigenvalue weighted by molar-refractivity contribution is 0.0712. The lowest BCUT2D eigenvalue weighted by Crippen LogP contribution is -2.30. The zero-order valence-electron chi connectivity index (χ0n) is 18.2. The van der Waals surface area contributed by atoms with E-state index in [0.717, 1.165) is 11.1 Å². The van der Waals surface area contributed by atoms with Gasteiger partial charge >= 0.3 is 0 Å². The molecule has 33 heavy (non-hydrogen) atoms. The van der Waals surface area contributed by atoms with Crippen molar-refractivity contribution in [3.8, 4) is 11.5 Å². The van der Waals surface area contributed by atoms with Gasteiger partial charge in [-0.1, -0.05) is 48.5 Å². The van der Waals surface area contributed by atoms with E-state index in [2.05, 4.69) is 0 Å². The van der Waals surface area contributed by atoms with E-state index in [4.69, 9.17) is 13.9 Å². The fourth-order valence-corrected chi connectivity index (χ4v) is 3.48. The van der Waals surface area contributed by atoms with Crippen LogP contribution in [0, 0.1) is 5.82 Å². The third-order valence-electron chi connectivity index (χ3n) is 5.16. The van der Waals surface area contributed by atoms with Gasteiger partial charge in [0.15, 0.2) is 11.5 Å². The fraction of sp³-hybridized carbons (Fsp3) is 0.148. The third-order valence-corrected chi connectivity index (χ3v) is 5.16. The predicted octanol–water partition coefficient (Wildman–Crippen LogP) is 5.85. The maximum absolute atomic E-state index is 14.3. The molecular weight excluding hydrogens is 421 g/mol. The number of hydrogen-bond acceptors (Lipinski definition) is 4. The number of carbonyl (C=O) groups is 1. The lowest BCUT2D eigenvalue weighted by Gasteiger charge is -2.23. The summed E-state index contributed by atoms with van der Waals surface area (Å²) in [6.45, 7) is 0.852. The first-order valence-corrected chi connectivity index (χ1v) is 10.5. The number of amides is 1. The number of nitrogens with zero attached hydrogens (tertiary/aromatic N) is 1. The summed E-state index contributed by atoms with van der Waals surface area (Å²) < 4.78 is 31.2. The molecule has 0 saturated carbocycles. The van der Waals surface area contributed by atoms with Crippen LogP contribution in [-0.4, -0.2) is 17.9 Å². The van der Waals surface area contributed by atoms with Crippen LogP contribution >= 0.6 is 0 Å². The van der Waals surface area contributed by atoms with Crippen molar-refractivity contribution < 1.29 is 23.1 Å². The Bertz CT molecular complexity index is 1190. The van der Waals surface area contributed by atoms with E-state index in [0.29, 0.717) is 23.9 Å². The molecule has 0 bridgehead atoms. The predicted molar refractivity (Wildman–Crippen MR) is 122 cm³/mol. The quantitative estimate of drug-likeness (QED) is 0.324. The molecule has 0 spiro atoms. The highest BCUT2D eigenvalue weighted by Gasteiger charge is 2.21. The Morgan fingerprint density at radius 1 is 0.879 bits per heavy atom.